The van der Waals surface area contributed by atoms with Crippen LogP contribution in [0.2, 0.25) is 5.02 Å². The number of oxazole rings is 1. The molecular formula is C15H13ClN4OS. The van der Waals surface area contributed by atoms with Gasteiger partial charge in [0.25, 0.3) is 0 Å². The van der Waals surface area contributed by atoms with Crippen LogP contribution in [-0.4, -0.2) is 15.0 Å². The molecule has 0 fully saturated rings. The summed E-state index contributed by atoms with van der Waals surface area (Å²) in [5.41, 5.74) is 7.36. The molecule has 0 bridgehead atoms. The quantitative estimate of drug-likeness (QED) is 0.575. The van der Waals surface area contributed by atoms with E-state index < -0.39 is 0 Å². The van der Waals surface area contributed by atoms with Gasteiger partial charge in [0.05, 0.1) is 17.0 Å². The van der Waals surface area contributed by atoms with Gasteiger partial charge in [0.15, 0.2) is 10.9 Å². The van der Waals surface area contributed by atoms with Gasteiger partial charge in [-0.15, -0.1) is 0 Å². The molecule has 0 amide bonds. The van der Waals surface area contributed by atoms with E-state index >= 15 is 0 Å². The molecular weight excluding hydrogens is 320 g/mol. The number of nitrogen functional groups attached to an aromatic ring is 1. The molecule has 3 aromatic rings. The number of halogens is 1. The number of rotatable bonds is 4. The monoisotopic (exact) mass is 332 g/mol. The lowest BCUT2D eigenvalue weighted by Gasteiger charge is -2.01. The van der Waals surface area contributed by atoms with Gasteiger partial charge in [0.1, 0.15) is 5.82 Å². The Balaban J connectivity index is 1.73. The van der Waals surface area contributed by atoms with E-state index in [1.807, 2.05) is 31.2 Å². The van der Waals surface area contributed by atoms with Crippen molar-refractivity contribution in [1.29, 1.82) is 0 Å². The summed E-state index contributed by atoms with van der Waals surface area (Å²) in [4.78, 5) is 12.7. The normalized spacial score (nSPS) is 10.8. The molecule has 0 spiro atoms. The van der Waals surface area contributed by atoms with E-state index in [0.29, 0.717) is 33.4 Å². The molecule has 0 aliphatic carbocycles. The summed E-state index contributed by atoms with van der Waals surface area (Å²) in [5.74, 6) is 2.21. The number of anilines is 1. The van der Waals surface area contributed by atoms with E-state index in [-0.39, 0.29) is 0 Å². The number of thioether (sulfide) groups is 1. The molecule has 0 saturated carbocycles. The molecule has 0 unspecified atom stereocenters. The van der Waals surface area contributed by atoms with Crippen molar-refractivity contribution in [2.45, 2.75) is 17.8 Å². The first-order chi connectivity index (χ1) is 10.6. The molecule has 112 valence electrons. The van der Waals surface area contributed by atoms with Crippen molar-refractivity contribution in [2.24, 2.45) is 0 Å². The summed E-state index contributed by atoms with van der Waals surface area (Å²) in [6.07, 6.45) is 1.67. The average molecular weight is 333 g/mol. The highest BCUT2D eigenvalue weighted by molar-refractivity contribution is 7.98. The van der Waals surface area contributed by atoms with Crippen LogP contribution in [0.4, 0.5) is 5.82 Å². The van der Waals surface area contributed by atoms with Crippen LogP contribution in [0.25, 0.3) is 11.3 Å². The van der Waals surface area contributed by atoms with Crippen LogP contribution in [0.3, 0.4) is 0 Å². The molecule has 1 aromatic carbocycles. The molecule has 2 N–H and O–H groups in total. The van der Waals surface area contributed by atoms with Crippen molar-refractivity contribution in [1.82, 2.24) is 15.0 Å². The molecule has 0 saturated heterocycles. The average Bonchev–Trinajstić information content (AvgIpc) is 2.93. The Morgan fingerprint density at radius 3 is 2.86 bits per heavy atom. The van der Waals surface area contributed by atoms with Crippen LogP contribution in [0.5, 0.6) is 0 Å². The minimum absolute atomic E-state index is 0.458. The summed E-state index contributed by atoms with van der Waals surface area (Å²) >= 11 is 7.57. The van der Waals surface area contributed by atoms with Gasteiger partial charge in [0.2, 0.25) is 5.89 Å². The molecule has 22 heavy (non-hydrogen) atoms. The van der Waals surface area contributed by atoms with Crippen LogP contribution in [0, 0.1) is 6.92 Å². The van der Waals surface area contributed by atoms with Crippen LogP contribution in [0.15, 0.2) is 46.1 Å². The lowest BCUT2D eigenvalue weighted by atomic mass is 10.2. The highest BCUT2D eigenvalue weighted by Crippen LogP contribution is 2.29. The van der Waals surface area contributed by atoms with E-state index in [4.69, 9.17) is 21.8 Å². The van der Waals surface area contributed by atoms with Crippen LogP contribution in [-0.2, 0) is 5.75 Å². The summed E-state index contributed by atoms with van der Waals surface area (Å²) < 4.78 is 5.73. The zero-order valence-electron chi connectivity index (χ0n) is 11.8. The van der Waals surface area contributed by atoms with Gasteiger partial charge in [-0.3, -0.25) is 0 Å². The van der Waals surface area contributed by atoms with E-state index in [1.54, 1.807) is 12.3 Å². The second kappa shape index (κ2) is 6.37. The summed E-state index contributed by atoms with van der Waals surface area (Å²) in [6, 6.07) is 9.21. The smallest absolute Gasteiger partial charge is 0.205 e. The SMILES string of the molecule is Cc1cc(N)nc(SCc2ncc(-c3ccccc3Cl)o2)n1. The van der Waals surface area contributed by atoms with Crippen molar-refractivity contribution in [2.75, 3.05) is 5.73 Å². The lowest BCUT2D eigenvalue weighted by molar-refractivity contribution is 0.530. The van der Waals surface area contributed by atoms with E-state index in [0.717, 1.165) is 11.3 Å². The fourth-order valence-electron chi connectivity index (χ4n) is 1.92. The van der Waals surface area contributed by atoms with E-state index in [1.165, 1.54) is 11.8 Å². The zero-order chi connectivity index (χ0) is 15.5. The maximum Gasteiger partial charge on any atom is 0.205 e. The Labute approximate surface area is 136 Å². The Kier molecular flexibility index (Phi) is 4.31. The summed E-state index contributed by atoms with van der Waals surface area (Å²) in [6.45, 7) is 1.88. The van der Waals surface area contributed by atoms with Gasteiger partial charge >= 0.3 is 0 Å². The van der Waals surface area contributed by atoms with Gasteiger partial charge in [-0.25, -0.2) is 15.0 Å². The summed E-state index contributed by atoms with van der Waals surface area (Å²) in [7, 11) is 0. The molecule has 2 aromatic heterocycles. The fourth-order valence-corrected chi connectivity index (χ4v) is 2.91. The lowest BCUT2D eigenvalue weighted by Crippen LogP contribution is -1.96. The Bertz CT molecular complexity index is 785. The minimum atomic E-state index is 0.458. The molecule has 3 rings (SSSR count). The van der Waals surface area contributed by atoms with Crippen LogP contribution < -0.4 is 5.73 Å². The number of aryl methyl sites for hydroxylation is 1. The predicted octanol–water partition coefficient (Wildman–Crippen LogP) is 3.97. The third kappa shape index (κ3) is 3.40. The number of hydrogen-bond acceptors (Lipinski definition) is 6. The van der Waals surface area contributed by atoms with Crippen molar-refractivity contribution in [3.63, 3.8) is 0 Å². The largest absolute Gasteiger partial charge is 0.440 e. The number of hydrogen-bond donors (Lipinski definition) is 1. The predicted molar refractivity (Wildman–Crippen MR) is 87.7 cm³/mol. The molecule has 0 atom stereocenters. The van der Waals surface area contributed by atoms with Crippen molar-refractivity contribution < 1.29 is 4.42 Å². The Morgan fingerprint density at radius 1 is 1.27 bits per heavy atom. The van der Waals surface area contributed by atoms with Gasteiger partial charge in [-0.2, -0.15) is 0 Å². The Hall–Kier alpha value is -2.05. The maximum absolute atomic E-state index is 6.15. The third-order valence-electron chi connectivity index (χ3n) is 2.87. The first-order valence-corrected chi connectivity index (χ1v) is 7.92. The highest BCUT2D eigenvalue weighted by Gasteiger charge is 2.10. The second-order valence-electron chi connectivity index (χ2n) is 4.60. The maximum atomic E-state index is 6.15. The molecule has 5 nitrogen and oxygen atoms in total. The van der Waals surface area contributed by atoms with Crippen LogP contribution >= 0.6 is 23.4 Å². The van der Waals surface area contributed by atoms with E-state index in [9.17, 15) is 0 Å². The number of nitrogens with two attached hydrogens (primary N) is 1. The number of benzene rings is 1. The molecule has 0 aliphatic rings. The number of aromatic nitrogens is 3. The minimum Gasteiger partial charge on any atom is -0.440 e. The molecule has 2 heterocycles. The van der Waals surface area contributed by atoms with Gasteiger partial charge in [-0.05, 0) is 19.1 Å². The second-order valence-corrected chi connectivity index (χ2v) is 5.95. The molecule has 0 aliphatic heterocycles. The first-order valence-electron chi connectivity index (χ1n) is 6.55. The first kappa shape index (κ1) is 14.9. The Morgan fingerprint density at radius 2 is 2.09 bits per heavy atom. The number of nitrogens with zero attached hydrogens (tertiary/aromatic N) is 3. The standard InChI is InChI=1S/C15H13ClN4OS/c1-9-6-13(17)20-15(19-9)22-8-14-18-7-12(21-14)10-4-2-3-5-11(10)16/h2-7H,8H2,1H3,(H2,17,19,20). The zero-order valence-corrected chi connectivity index (χ0v) is 13.4. The van der Waals surface area contributed by atoms with E-state index in [2.05, 4.69) is 15.0 Å². The highest BCUT2D eigenvalue weighted by atomic mass is 35.5. The van der Waals surface area contributed by atoms with Crippen molar-refractivity contribution >= 4 is 29.2 Å². The third-order valence-corrected chi connectivity index (χ3v) is 4.03. The summed E-state index contributed by atoms with van der Waals surface area (Å²) in [5, 5.41) is 1.24. The van der Waals surface area contributed by atoms with Gasteiger partial charge in [-0.1, -0.05) is 35.5 Å². The van der Waals surface area contributed by atoms with Gasteiger partial charge in [0, 0.05) is 17.3 Å². The molecule has 0 radical (unpaired) electrons. The van der Waals surface area contributed by atoms with Gasteiger partial charge < -0.3 is 10.2 Å². The van der Waals surface area contributed by atoms with Crippen molar-refractivity contribution in [3.8, 4) is 11.3 Å². The van der Waals surface area contributed by atoms with Crippen molar-refractivity contribution in [3.05, 3.63) is 53.1 Å². The van der Waals surface area contributed by atoms with Crippen LogP contribution in [0.1, 0.15) is 11.6 Å². The molecule has 7 heteroatoms. The topological polar surface area (TPSA) is 77.8 Å². The fraction of sp³-hybridized carbons (Fsp3) is 0.133.